The average molecular weight is 354 g/mol. The lowest BCUT2D eigenvalue weighted by Gasteiger charge is -2.32. The fourth-order valence-electron chi connectivity index (χ4n) is 2.03. The smallest absolute Gasteiger partial charge is 0.250 e. The van der Waals surface area contributed by atoms with Gasteiger partial charge in [0.15, 0.2) is 0 Å². The monoisotopic (exact) mass is 354 g/mol. The van der Waals surface area contributed by atoms with Crippen LogP contribution in [-0.4, -0.2) is 59.2 Å². The molecule has 1 aromatic heterocycles. The summed E-state index contributed by atoms with van der Waals surface area (Å²) in [6.07, 6.45) is 0. The molecule has 1 atom stereocenters. The first-order chi connectivity index (χ1) is 9.83. The second-order valence-electron chi connectivity index (χ2n) is 4.68. The molecule has 0 amide bonds. The second-order valence-corrected chi connectivity index (χ2v) is 9.66. The van der Waals surface area contributed by atoms with Crippen molar-refractivity contribution in [1.82, 2.24) is 9.03 Å². The van der Waals surface area contributed by atoms with E-state index in [0.717, 1.165) is 11.3 Å². The van der Waals surface area contributed by atoms with Gasteiger partial charge >= 0.3 is 0 Å². The minimum atomic E-state index is -3.62. The summed E-state index contributed by atoms with van der Waals surface area (Å²) >= 11 is 1.09. The SMILES string of the molecule is CC1COCCN1S(=O)(=O)CCNS(=O)(=O)c1cccs1. The van der Waals surface area contributed by atoms with Crippen LogP contribution < -0.4 is 4.72 Å². The van der Waals surface area contributed by atoms with E-state index in [0.29, 0.717) is 19.8 Å². The average Bonchev–Trinajstić information content (AvgIpc) is 2.93. The Balaban J connectivity index is 1.93. The molecule has 0 aliphatic carbocycles. The van der Waals surface area contributed by atoms with Crippen molar-refractivity contribution in [3.05, 3.63) is 17.5 Å². The van der Waals surface area contributed by atoms with E-state index < -0.39 is 20.0 Å². The van der Waals surface area contributed by atoms with Crippen LogP contribution in [0.1, 0.15) is 6.92 Å². The van der Waals surface area contributed by atoms with Crippen molar-refractivity contribution in [2.75, 3.05) is 32.1 Å². The Labute approximate surface area is 129 Å². The van der Waals surface area contributed by atoms with Crippen LogP contribution in [0.2, 0.25) is 0 Å². The van der Waals surface area contributed by atoms with Gasteiger partial charge in [-0.05, 0) is 18.4 Å². The van der Waals surface area contributed by atoms with Crippen molar-refractivity contribution in [2.45, 2.75) is 17.2 Å². The molecule has 0 saturated carbocycles. The first kappa shape index (κ1) is 16.8. The maximum Gasteiger partial charge on any atom is 0.250 e. The number of morpholine rings is 1. The fourth-order valence-corrected chi connectivity index (χ4v) is 5.79. The summed E-state index contributed by atoms with van der Waals surface area (Å²) in [6.45, 7) is 2.66. The molecule has 0 aromatic carbocycles. The van der Waals surface area contributed by atoms with E-state index in [-0.39, 0.29) is 22.5 Å². The van der Waals surface area contributed by atoms with Gasteiger partial charge in [-0.3, -0.25) is 0 Å². The quantitative estimate of drug-likeness (QED) is 0.781. The molecule has 120 valence electrons. The molecule has 10 heteroatoms. The highest BCUT2D eigenvalue weighted by Gasteiger charge is 2.30. The van der Waals surface area contributed by atoms with Gasteiger partial charge in [0.05, 0.1) is 19.0 Å². The lowest BCUT2D eigenvalue weighted by Crippen LogP contribution is -2.49. The van der Waals surface area contributed by atoms with E-state index in [9.17, 15) is 16.8 Å². The first-order valence-corrected chi connectivity index (χ1v) is 10.4. The number of nitrogens with one attached hydrogen (secondary N) is 1. The molecule has 2 heterocycles. The summed E-state index contributed by atoms with van der Waals surface area (Å²) in [5.41, 5.74) is 0. The molecule has 1 fully saturated rings. The van der Waals surface area contributed by atoms with Gasteiger partial charge in [-0.2, -0.15) is 4.31 Å². The zero-order valence-electron chi connectivity index (χ0n) is 11.6. The van der Waals surface area contributed by atoms with E-state index in [1.54, 1.807) is 18.4 Å². The number of ether oxygens (including phenoxy) is 1. The molecule has 1 aliphatic heterocycles. The van der Waals surface area contributed by atoms with Gasteiger partial charge in [-0.25, -0.2) is 21.6 Å². The molecular weight excluding hydrogens is 336 g/mol. The summed E-state index contributed by atoms with van der Waals surface area (Å²) in [6, 6.07) is 2.88. The maximum absolute atomic E-state index is 12.2. The first-order valence-electron chi connectivity index (χ1n) is 6.43. The summed E-state index contributed by atoms with van der Waals surface area (Å²) < 4.78 is 57.3. The standard InChI is InChI=1S/C11H18N2O5S3/c1-10-9-18-6-5-13(10)20(14,15)8-4-12-21(16,17)11-3-2-7-19-11/h2-3,7,10,12H,4-6,8-9H2,1H3. The van der Waals surface area contributed by atoms with Crippen LogP contribution in [0.15, 0.2) is 21.7 Å². The molecule has 0 radical (unpaired) electrons. The molecular formula is C11H18N2O5S3. The van der Waals surface area contributed by atoms with Crippen LogP contribution in [0.3, 0.4) is 0 Å². The van der Waals surface area contributed by atoms with Crippen molar-refractivity contribution in [2.24, 2.45) is 0 Å². The van der Waals surface area contributed by atoms with E-state index in [1.165, 1.54) is 10.4 Å². The Morgan fingerprint density at radius 1 is 1.43 bits per heavy atom. The van der Waals surface area contributed by atoms with Gasteiger partial charge in [0.1, 0.15) is 4.21 Å². The summed E-state index contributed by atoms with van der Waals surface area (Å²) in [5, 5.41) is 1.65. The number of thiophene rings is 1. The minimum Gasteiger partial charge on any atom is -0.378 e. The van der Waals surface area contributed by atoms with Crippen molar-refractivity contribution in [3.63, 3.8) is 0 Å². The van der Waals surface area contributed by atoms with Crippen LogP contribution in [0.25, 0.3) is 0 Å². The predicted octanol–water partition coefficient (Wildman–Crippen LogP) is 0.0769. The van der Waals surface area contributed by atoms with Crippen molar-refractivity contribution in [1.29, 1.82) is 0 Å². The lowest BCUT2D eigenvalue weighted by atomic mass is 10.3. The zero-order chi connectivity index (χ0) is 15.5. The van der Waals surface area contributed by atoms with Crippen LogP contribution >= 0.6 is 11.3 Å². The third-order valence-corrected chi connectivity index (χ3v) is 7.91. The van der Waals surface area contributed by atoms with Gasteiger partial charge in [0.2, 0.25) is 20.0 Å². The summed E-state index contributed by atoms with van der Waals surface area (Å²) in [4.78, 5) is 0. The normalized spacial score (nSPS) is 21.5. The Kier molecular flexibility index (Phi) is 5.38. The second kappa shape index (κ2) is 6.71. The van der Waals surface area contributed by atoms with Crippen LogP contribution in [-0.2, 0) is 24.8 Å². The molecule has 1 N–H and O–H groups in total. The molecule has 1 unspecified atom stereocenters. The number of rotatable bonds is 6. The van der Waals surface area contributed by atoms with Crippen molar-refractivity contribution < 1.29 is 21.6 Å². The van der Waals surface area contributed by atoms with E-state index >= 15 is 0 Å². The Bertz CT molecular complexity index is 654. The summed E-state index contributed by atoms with van der Waals surface area (Å²) in [7, 11) is -7.12. The topological polar surface area (TPSA) is 92.8 Å². The molecule has 0 bridgehead atoms. The molecule has 0 spiro atoms. The van der Waals surface area contributed by atoms with Crippen molar-refractivity contribution in [3.8, 4) is 0 Å². The third kappa shape index (κ3) is 4.24. The molecule has 7 nitrogen and oxygen atoms in total. The van der Waals surface area contributed by atoms with Crippen molar-refractivity contribution >= 4 is 31.4 Å². The highest BCUT2D eigenvalue weighted by atomic mass is 32.2. The lowest BCUT2D eigenvalue weighted by molar-refractivity contribution is 0.0393. The van der Waals surface area contributed by atoms with Gasteiger partial charge in [0, 0.05) is 19.1 Å². The fraction of sp³-hybridized carbons (Fsp3) is 0.636. The zero-order valence-corrected chi connectivity index (χ0v) is 14.0. The van der Waals surface area contributed by atoms with Gasteiger partial charge < -0.3 is 4.74 Å². The molecule has 1 aliphatic rings. The number of hydrogen-bond acceptors (Lipinski definition) is 6. The van der Waals surface area contributed by atoms with Gasteiger partial charge in [0.25, 0.3) is 0 Å². The molecule has 1 saturated heterocycles. The molecule has 1 aromatic rings. The highest BCUT2D eigenvalue weighted by molar-refractivity contribution is 7.91. The van der Waals surface area contributed by atoms with Crippen LogP contribution in [0.4, 0.5) is 0 Å². The van der Waals surface area contributed by atoms with E-state index in [1.807, 2.05) is 0 Å². The van der Waals surface area contributed by atoms with Gasteiger partial charge in [-0.15, -0.1) is 11.3 Å². The minimum absolute atomic E-state index is 0.146. The third-order valence-electron chi connectivity index (χ3n) is 3.08. The summed E-state index contributed by atoms with van der Waals surface area (Å²) in [5.74, 6) is -0.262. The predicted molar refractivity (Wildman–Crippen MR) is 80.3 cm³/mol. The Hall–Kier alpha value is -0.520. The number of hydrogen-bond donors (Lipinski definition) is 1. The largest absolute Gasteiger partial charge is 0.378 e. The van der Waals surface area contributed by atoms with Crippen LogP contribution in [0.5, 0.6) is 0 Å². The molecule has 21 heavy (non-hydrogen) atoms. The highest BCUT2D eigenvalue weighted by Crippen LogP contribution is 2.16. The molecule has 2 rings (SSSR count). The number of sulfonamides is 2. The van der Waals surface area contributed by atoms with Gasteiger partial charge in [-0.1, -0.05) is 6.07 Å². The Morgan fingerprint density at radius 2 is 2.19 bits per heavy atom. The van der Waals surface area contributed by atoms with Crippen LogP contribution in [0, 0.1) is 0 Å². The number of nitrogens with zero attached hydrogens (tertiary/aromatic N) is 1. The Morgan fingerprint density at radius 3 is 2.81 bits per heavy atom. The van der Waals surface area contributed by atoms with E-state index in [2.05, 4.69) is 4.72 Å². The van der Waals surface area contributed by atoms with E-state index in [4.69, 9.17) is 4.74 Å². The maximum atomic E-state index is 12.2.